The average Bonchev–Trinajstić information content (AvgIpc) is 3.14. The van der Waals surface area contributed by atoms with E-state index in [4.69, 9.17) is 0 Å². The predicted octanol–water partition coefficient (Wildman–Crippen LogP) is 4.10. The molecule has 1 atom stereocenters. The molecule has 3 rings (SSSR count). The van der Waals surface area contributed by atoms with E-state index in [0.29, 0.717) is 11.8 Å². The van der Waals surface area contributed by atoms with Gasteiger partial charge in [-0.15, -0.1) is 19.4 Å². The molecule has 0 radical (unpaired) electrons. The number of phenolic OH excluding ortho intramolecular Hbond substituents is 1. The minimum Gasteiger partial charge on any atom is -0.508 e. The molecule has 0 bridgehead atoms. The van der Waals surface area contributed by atoms with Crippen LogP contribution in [0.25, 0.3) is 0 Å². The summed E-state index contributed by atoms with van der Waals surface area (Å²) in [5, 5.41) is 13.4. The van der Waals surface area contributed by atoms with Crippen molar-refractivity contribution >= 4 is 11.3 Å². The Balaban J connectivity index is 0.000000241. The normalized spacial score (nSPS) is 17.3. The zero-order valence-corrected chi connectivity index (χ0v) is 16.7. The minimum absolute atomic E-state index is 0.340. The average molecular weight is 371 g/mol. The van der Waals surface area contributed by atoms with E-state index in [0.717, 1.165) is 18.5 Å². The Morgan fingerprint density at radius 1 is 1.27 bits per heavy atom. The molecule has 4 heteroatoms. The molecule has 1 aliphatic heterocycles. The fraction of sp³-hybridized carbons (Fsp3) is 0.364. The maximum Gasteiger partial charge on any atom is 0.115 e. The fourth-order valence-electron chi connectivity index (χ4n) is 2.77. The molecule has 26 heavy (non-hydrogen) atoms. The fourth-order valence-corrected chi connectivity index (χ4v) is 3.44. The van der Waals surface area contributed by atoms with E-state index >= 15 is 0 Å². The van der Waals surface area contributed by atoms with Crippen LogP contribution >= 0.6 is 11.3 Å². The van der Waals surface area contributed by atoms with Crippen LogP contribution in [0.15, 0.2) is 53.7 Å². The quantitative estimate of drug-likeness (QED) is 0.648. The van der Waals surface area contributed by atoms with Crippen molar-refractivity contribution in [3.63, 3.8) is 0 Å². The van der Waals surface area contributed by atoms with Crippen LogP contribution in [0.2, 0.25) is 0 Å². The molecule has 1 fully saturated rings. The Morgan fingerprint density at radius 2 is 2.04 bits per heavy atom. The highest BCUT2D eigenvalue weighted by atomic mass is 32.1. The number of hydrogen-bond donors (Lipinski definition) is 1. The van der Waals surface area contributed by atoms with Gasteiger partial charge < -0.3 is 10.0 Å². The second-order valence-electron chi connectivity index (χ2n) is 6.36. The van der Waals surface area contributed by atoms with Crippen molar-refractivity contribution in [3.05, 3.63) is 64.9 Å². The van der Waals surface area contributed by atoms with E-state index in [1.54, 1.807) is 23.5 Å². The smallest absolute Gasteiger partial charge is 0.115 e. The molecular formula is C22H30N2OS. The standard InChI is InChI=1S/C11H10OS.C9H18N2.C2H2/c12-11-3-1-2-9(7-11)6-10-4-5-13-8-10;1-4-5-11-7-6-10(3)9(2)8-11;1-2/h1-5,7-8,12H,6H2;4,9H,1,5-8H2,2-3H3;1-2H/t;9-;/m.0./s1. The number of terminal acetylenes is 1. The molecule has 0 aliphatic carbocycles. The zero-order valence-electron chi connectivity index (χ0n) is 15.8. The maximum atomic E-state index is 9.24. The molecule has 1 aromatic heterocycles. The molecule has 0 amide bonds. The van der Waals surface area contributed by atoms with Gasteiger partial charge in [-0.3, -0.25) is 4.90 Å². The lowest BCUT2D eigenvalue weighted by Crippen LogP contribution is -2.49. The third-order valence-electron chi connectivity index (χ3n) is 4.33. The van der Waals surface area contributed by atoms with E-state index in [-0.39, 0.29) is 0 Å². The van der Waals surface area contributed by atoms with Crippen molar-refractivity contribution in [2.24, 2.45) is 0 Å². The van der Waals surface area contributed by atoms with Gasteiger partial charge in [-0.25, -0.2) is 0 Å². The minimum atomic E-state index is 0.340. The van der Waals surface area contributed by atoms with Crippen molar-refractivity contribution in [3.8, 4) is 18.6 Å². The van der Waals surface area contributed by atoms with Gasteiger partial charge >= 0.3 is 0 Å². The molecule has 0 saturated carbocycles. The molecule has 0 spiro atoms. The van der Waals surface area contributed by atoms with Crippen LogP contribution in [0.1, 0.15) is 18.1 Å². The first-order valence-electron chi connectivity index (χ1n) is 8.74. The number of hydrogen-bond acceptors (Lipinski definition) is 4. The van der Waals surface area contributed by atoms with Crippen molar-refractivity contribution in [2.75, 3.05) is 33.2 Å². The highest BCUT2D eigenvalue weighted by Gasteiger charge is 2.18. The van der Waals surface area contributed by atoms with Gasteiger partial charge in [-0.1, -0.05) is 18.2 Å². The third-order valence-corrected chi connectivity index (χ3v) is 5.06. The Bertz CT molecular complexity index is 651. The number of rotatable bonds is 4. The van der Waals surface area contributed by atoms with Gasteiger partial charge in [0.25, 0.3) is 0 Å². The third kappa shape index (κ3) is 7.88. The van der Waals surface area contributed by atoms with Gasteiger partial charge in [0.2, 0.25) is 0 Å². The molecule has 3 nitrogen and oxygen atoms in total. The summed E-state index contributed by atoms with van der Waals surface area (Å²) in [5.74, 6) is 0.340. The van der Waals surface area contributed by atoms with Crippen LogP contribution in [-0.2, 0) is 6.42 Å². The largest absolute Gasteiger partial charge is 0.508 e. The molecule has 1 aliphatic rings. The van der Waals surface area contributed by atoms with Crippen LogP contribution < -0.4 is 0 Å². The van der Waals surface area contributed by atoms with E-state index in [2.05, 4.69) is 60.0 Å². The molecule has 2 heterocycles. The molecule has 0 unspecified atom stereocenters. The topological polar surface area (TPSA) is 26.7 Å². The molecule has 1 saturated heterocycles. The Morgan fingerprint density at radius 3 is 2.62 bits per heavy atom. The van der Waals surface area contributed by atoms with Gasteiger partial charge in [0, 0.05) is 32.2 Å². The van der Waals surface area contributed by atoms with Gasteiger partial charge in [-0.2, -0.15) is 11.3 Å². The molecule has 140 valence electrons. The summed E-state index contributed by atoms with van der Waals surface area (Å²) in [6.07, 6.45) is 10.9. The first kappa shape index (κ1) is 22.0. The highest BCUT2D eigenvalue weighted by molar-refractivity contribution is 7.07. The zero-order chi connectivity index (χ0) is 19.4. The SMILES string of the molecule is C#C.C=CCN1CCN(C)[C@@H](C)C1.Oc1cccc(Cc2ccsc2)c1. The predicted molar refractivity (Wildman–Crippen MR) is 114 cm³/mol. The van der Waals surface area contributed by atoms with Crippen LogP contribution in [0, 0.1) is 12.8 Å². The van der Waals surface area contributed by atoms with Crippen LogP contribution in [0.3, 0.4) is 0 Å². The second kappa shape index (κ2) is 12.3. The summed E-state index contributed by atoms with van der Waals surface area (Å²) in [6.45, 7) is 10.6. The molecule has 1 N–H and O–H groups in total. The second-order valence-corrected chi connectivity index (χ2v) is 7.14. The van der Waals surface area contributed by atoms with E-state index < -0.39 is 0 Å². The lowest BCUT2D eigenvalue weighted by atomic mass is 10.1. The van der Waals surface area contributed by atoms with E-state index in [1.165, 1.54) is 25.2 Å². The summed E-state index contributed by atoms with van der Waals surface area (Å²) in [6, 6.07) is 10.2. The van der Waals surface area contributed by atoms with Gasteiger partial charge in [0.05, 0.1) is 0 Å². The van der Waals surface area contributed by atoms with Gasteiger partial charge in [0.1, 0.15) is 5.75 Å². The lowest BCUT2D eigenvalue weighted by molar-refractivity contribution is 0.114. The van der Waals surface area contributed by atoms with Crippen LogP contribution in [0.4, 0.5) is 0 Å². The number of benzene rings is 1. The van der Waals surface area contributed by atoms with Crippen molar-refractivity contribution in [1.82, 2.24) is 9.80 Å². The number of thiophene rings is 1. The van der Waals surface area contributed by atoms with Crippen molar-refractivity contribution in [2.45, 2.75) is 19.4 Å². The van der Waals surface area contributed by atoms with Crippen LogP contribution in [-0.4, -0.2) is 54.2 Å². The maximum absolute atomic E-state index is 9.24. The van der Waals surface area contributed by atoms with E-state index in [9.17, 15) is 5.11 Å². The Hall–Kier alpha value is -2.06. The molecule has 2 aromatic rings. The number of likely N-dealkylation sites (N-methyl/N-ethyl adjacent to an activating group) is 1. The summed E-state index contributed by atoms with van der Waals surface area (Å²) < 4.78 is 0. The van der Waals surface area contributed by atoms with Gasteiger partial charge in [-0.05, 0) is 60.5 Å². The summed E-state index contributed by atoms with van der Waals surface area (Å²) in [7, 11) is 2.19. The van der Waals surface area contributed by atoms with Crippen LogP contribution in [0.5, 0.6) is 5.75 Å². The highest BCUT2D eigenvalue weighted by Crippen LogP contribution is 2.16. The summed E-state index contributed by atoms with van der Waals surface area (Å²) in [4.78, 5) is 4.84. The Labute approximate surface area is 162 Å². The number of aromatic hydroxyl groups is 1. The number of piperazine rings is 1. The molecule has 1 aromatic carbocycles. The number of nitrogens with zero attached hydrogens (tertiary/aromatic N) is 2. The van der Waals surface area contributed by atoms with E-state index in [1.807, 2.05) is 18.2 Å². The summed E-state index contributed by atoms with van der Waals surface area (Å²) in [5.41, 5.74) is 2.45. The monoisotopic (exact) mass is 370 g/mol. The lowest BCUT2D eigenvalue weighted by Gasteiger charge is -2.37. The number of phenols is 1. The Kier molecular flexibility index (Phi) is 10.4. The van der Waals surface area contributed by atoms with Crippen molar-refractivity contribution in [1.29, 1.82) is 0 Å². The summed E-state index contributed by atoms with van der Waals surface area (Å²) >= 11 is 1.70. The first-order chi connectivity index (χ1) is 12.6. The molecular weight excluding hydrogens is 340 g/mol. The van der Waals surface area contributed by atoms with Gasteiger partial charge in [0.15, 0.2) is 0 Å². The van der Waals surface area contributed by atoms with Crippen molar-refractivity contribution < 1.29 is 5.11 Å². The first-order valence-corrected chi connectivity index (χ1v) is 9.68.